The summed E-state index contributed by atoms with van der Waals surface area (Å²) in [4.78, 5) is 23.8. The van der Waals surface area contributed by atoms with Crippen LogP contribution >= 0.6 is 0 Å². The van der Waals surface area contributed by atoms with Gasteiger partial charge < -0.3 is 20.4 Å². The topological polar surface area (TPSA) is 83.4 Å². The molecule has 0 saturated carbocycles. The van der Waals surface area contributed by atoms with Gasteiger partial charge in [0.15, 0.2) is 0 Å². The van der Waals surface area contributed by atoms with E-state index in [0.29, 0.717) is 11.4 Å². The predicted octanol–water partition coefficient (Wildman–Crippen LogP) is 3.98. The third-order valence-electron chi connectivity index (χ3n) is 4.32. The van der Waals surface area contributed by atoms with Crippen molar-refractivity contribution in [3.8, 4) is 0 Å². The Morgan fingerprint density at radius 2 is 1.77 bits per heavy atom. The highest BCUT2D eigenvalue weighted by molar-refractivity contribution is 5.97. The van der Waals surface area contributed by atoms with Gasteiger partial charge >= 0.3 is 6.03 Å². The molecule has 6 nitrogen and oxygen atoms in total. The molecule has 6 heteroatoms. The Balaban J connectivity index is 1.73. The Morgan fingerprint density at radius 1 is 1.04 bits per heavy atom. The summed E-state index contributed by atoms with van der Waals surface area (Å²) < 4.78 is 5.65. The number of benzene rings is 2. The van der Waals surface area contributed by atoms with Gasteiger partial charge in [0.05, 0.1) is 12.7 Å². The highest BCUT2D eigenvalue weighted by atomic mass is 16.3. The molecule has 0 unspecified atom stereocenters. The molecular weight excluding hydrogens is 330 g/mol. The third-order valence-corrected chi connectivity index (χ3v) is 4.32. The smallest absolute Gasteiger partial charge is 0.318 e. The van der Waals surface area contributed by atoms with Crippen molar-refractivity contribution in [2.24, 2.45) is 0 Å². The minimum Gasteiger partial charge on any atom is -0.464 e. The van der Waals surface area contributed by atoms with E-state index in [9.17, 15) is 9.59 Å². The summed E-state index contributed by atoms with van der Waals surface area (Å²) in [7, 11) is 1.54. The molecule has 0 atom stereocenters. The lowest BCUT2D eigenvalue weighted by Gasteiger charge is -2.08. The second-order valence-corrected chi connectivity index (χ2v) is 6.15. The molecule has 3 amide bonds. The lowest BCUT2D eigenvalue weighted by molar-refractivity contribution is -0.115. The standard InChI is InChI=1S/C20H21N3O3/c1-12-7-8-17-14(11-26-19(17)13(12)2)9-18(24)22-15-5-4-6-16(10-15)23-20(25)21-3/h4-8,10-11H,9H2,1-3H3,(H,22,24)(H2,21,23,25). The van der Waals surface area contributed by atoms with Crippen LogP contribution in [-0.4, -0.2) is 19.0 Å². The van der Waals surface area contributed by atoms with Gasteiger partial charge in [0.25, 0.3) is 0 Å². The average molecular weight is 351 g/mol. The molecule has 0 aliphatic carbocycles. The molecule has 0 fully saturated rings. The Morgan fingerprint density at radius 3 is 2.50 bits per heavy atom. The molecule has 0 aliphatic heterocycles. The number of carbonyl (C=O) groups is 2. The number of rotatable bonds is 4. The summed E-state index contributed by atoms with van der Waals surface area (Å²) in [6, 6.07) is 10.7. The molecule has 134 valence electrons. The first-order chi connectivity index (χ1) is 12.5. The molecule has 0 saturated heterocycles. The second-order valence-electron chi connectivity index (χ2n) is 6.15. The molecular formula is C20H21N3O3. The number of nitrogens with one attached hydrogen (secondary N) is 3. The van der Waals surface area contributed by atoms with Gasteiger partial charge in [-0.05, 0) is 43.2 Å². The summed E-state index contributed by atoms with van der Waals surface area (Å²) in [6.07, 6.45) is 1.85. The molecule has 3 aromatic rings. The first kappa shape index (κ1) is 17.5. The van der Waals surface area contributed by atoms with Crippen LogP contribution in [0.2, 0.25) is 0 Å². The fourth-order valence-corrected chi connectivity index (χ4v) is 2.77. The van der Waals surface area contributed by atoms with E-state index < -0.39 is 0 Å². The van der Waals surface area contributed by atoms with E-state index in [1.54, 1.807) is 37.6 Å². The zero-order valence-corrected chi connectivity index (χ0v) is 15.0. The lowest BCUT2D eigenvalue weighted by atomic mass is 10.0. The highest BCUT2D eigenvalue weighted by Gasteiger charge is 2.13. The van der Waals surface area contributed by atoms with E-state index in [1.807, 2.05) is 26.0 Å². The molecule has 0 bridgehead atoms. The minimum atomic E-state index is -0.316. The fourth-order valence-electron chi connectivity index (χ4n) is 2.77. The minimum absolute atomic E-state index is 0.150. The highest BCUT2D eigenvalue weighted by Crippen LogP contribution is 2.27. The summed E-state index contributed by atoms with van der Waals surface area (Å²) >= 11 is 0. The van der Waals surface area contributed by atoms with Gasteiger partial charge in [-0.1, -0.05) is 18.2 Å². The van der Waals surface area contributed by atoms with Crippen LogP contribution in [0.4, 0.5) is 16.2 Å². The molecule has 0 spiro atoms. The fraction of sp³-hybridized carbons (Fsp3) is 0.200. The van der Waals surface area contributed by atoms with Crippen molar-refractivity contribution < 1.29 is 14.0 Å². The summed E-state index contributed by atoms with van der Waals surface area (Å²) in [5.41, 5.74) is 5.13. The van der Waals surface area contributed by atoms with Crippen molar-refractivity contribution >= 4 is 34.3 Å². The Kier molecular flexibility index (Phi) is 4.93. The van der Waals surface area contributed by atoms with Crippen LogP contribution in [0.3, 0.4) is 0 Å². The Bertz CT molecular complexity index is 976. The van der Waals surface area contributed by atoms with E-state index in [-0.39, 0.29) is 18.4 Å². The molecule has 1 aromatic heterocycles. The summed E-state index contributed by atoms with van der Waals surface area (Å²) in [6.45, 7) is 4.04. The normalized spacial score (nSPS) is 10.6. The van der Waals surface area contributed by atoms with Crippen LogP contribution in [0, 0.1) is 13.8 Å². The van der Waals surface area contributed by atoms with Gasteiger partial charge in [0.1, 0.15) is 5.58 Å². The van der Waals surface area contributed by atoms with Gasteiger partial charge in [-0.15, -0.1) is 0 Å². The number of anilines is 2. The number of hydrogen-bond donors (Lipinski definition) is 3. The maximum atomic E-state index is 12.4. The molecule has 2 aromatic carbocycles. The SMILES string of the molecule is CNC(=O)Nc1cccc(NC(=O)Cc2coc3c(C)c(C)ccc23)c1. The number of carbonyl (C=O) groups excluding carboxylic acids is 2. The maximum Gasteiger partial charge on any atom is 0.318 e. The van der Waals surface area contributed by atoms with Crippen molar-refractivity contribution in [1.82, 2.24) is 5.32 Å². The Hall–Kier alpha value is -3.28. The van der Waals surface area contributed by atoms with Gasteiger partial charge in [-0.2, -0.15) is 0 Å². The molecule has 0 radical (unpaired) electrons. The molecule has 0 aliphatic rings. The predicted molar refractivity (Wildman–Crippen MR) is 103 cm³/mol. The monoisotopic (exact) mass is 351 g/mol. The second kappa shape index (κ2) is 7.31. The number of aryl methyl sites for hydroxylation is 2. The van der Waals surface area contributed by atoms with Crippen molar-refractivity contribution in [2.45, 2.75) is 20.3 Å². The maximum absolute atomic E-state index is 12.4. The van der Waals surface area contributed by atoms with Gasteiger partial charge in [-0.25, -0.2) is 4.79 Å². The molecule has 3 rings (SSSR count). The largest absolute Gasteiger partial charge is 0.464 e. The first-order valence-electron chi connectivity index (χ1n) is 8.33. The number of urea groups is 1. The zero-order valence-electron chi connectivity index (χ0n) is 15.0. The molecule has 3 N–H and O–H groups in total. The number of hydrogen-bond acceptors (Lipinski definition) is 3. The van der Waals surface area contributed by atoms with E-state index in [4.69, 9.17) is 4.42 Å². The zero-order chi connectivity index (χ0) is 18.7. The van der Waals surface area contributed by atoms with Crippen LogP contribution in [0.1, 0.15) is 16.7 Å². The molecule has 26 heavy (non-hydrogen) atoms. The van der Waals surface area contributed by atoms with Gasteiger partial charge in [-0.3, -0.25) is 4.79 Å². The van der Waals surface area contributed by atoms with E-state index >= 15 is 0 Å². The Labute approximate surface area is 151 Å². The first-order valence-corrected chi connectivity index (χ1v) is 8.33. The van der Waals surface area contributed by atoms with Crippen LogP contribution in [0.15, 0.2) is 47.1 Å². The number of fused-ring (bicyclic) bond motifs is 1. The summed E-state index contributed by atoms with van der Waals surface area (Å²) in [5.74, 6) is -0.150. The van der Waals surface area contributed by atoms with Gasteiger partial charge in [0.2, 0.25) is 5.91 Å². The average Bonchev–Trinajstić information content (AvgIpc) is 3.01. The quantitative estimate of drug-likeness (QED) is 0.665. The van der Waals surface area contributed by atoms with Crippen LogP contribution in [0.25, 0.3) is 11.0 Å². The van der Waals surface area contributed by atoms with Crippen molar-refractivity contribution in [3.63, 3.8) is 0 Å². The van der Waals surface area contributed by atoms with Crippen LogP contribution in [-0.2, 0) is 11.2 Å². The van der Waals surface area contributed by atoms with E-state index in [2.05, 4.69) is 16.0 Å². The summed E-state index contributed by atoms with van der Waals surface area (Å²) in [5, 5.41) is 8.96. The van der Waals surface area contributed by atoms with Crippen molar-refractivity contribution in [3.05, 3.63) is 59.4 Å². The van der Waals surface area contributed by atoms with Crippen molar-refractivity contribution in [2.75, 3.05) is 17.7 Å². The third kappa shape index (κ3) is 3.69. The number of amides is 3. The van der Waals surface area contributed by atoms with Crippen molar-refractivity contribution in [1.29, 1.82) is 0 Å². The van der Waals surface area contributed by atoms with E-state index in [0.717, 1.165) is 27.7 Å². The van der Waals surface area contributed by atoms with Gasteiger partial charge in [0, 0.05) is 29.4 Å². The van der Waals surface area contributed by atoms with Crippen LogP contribution in [0.5, 0.6) is 0 Å². The van der Waals surface area contributed by atoms with E-state index in [1.165, 1.54) is 0 Å². The lowest BCUT2D eigenvalue weighted by Crippen LogP contribution is -2.24. The molecule has 1 heterocycles. The number of furan rings is 1. The van der Waals surface area contributed by atoms with Crippen LogP contribution < -0.4 is 16.0 Å².